The zero-order valence-corrected chi connectivity index (χ0v) is 17.5. The summed E-state index contributed by atoms with van der Waals surface area (Å²) in [6, 6.07) is 25.8. The highest BCUT2D eigenvalue weighted by Crippen LogP contribution is 2.07. The fourth-order valence-electron chi connectivity index (χ4n) is 3.89. The van der Waals surface area contributed by atoms with E-state index < -0.39 is 0 Å². The lowest BCUT2D eigenvalue weighted by Crippen LogP contribution is -2.04. The van der Waals surface area contributed by atoms with E-state index in [0.717, 1.165) is 21.6 Å². The highest BCUT2D eigenvalue weighted by Gasteiger charge is 1.97. The zero-order chi connectivity index (χ0) is 21.9. The van der Waals surface area contributed by atoms with Crippen LogP contribution in [0.5, 0.6) is 0 Å². The van der Waals surface area contributed by atoms with Crippen molar-refractivity contribution in [2.45, 2.75) is 0 Å². The monoisotopic (exact) mass is 410 g/mol. The van der Waals surface area contributed by atoms with Gasteiger partial charge in [-0.2, -0.15) is 0 Å². The first kappa shape index (κ1) is 19.7. The van der Waals surface area contributed by atoms with Crippen molar-refractivity contribution in [1.29, 1.82) is 10.8 Å². The molecule has 2 heteroatoms. The molecule has 2 aliphatic rings. The fraction of sp³-hybridized carbons (Fsp3) is 0. The van der Waals surface area contributed by atoms with Crippen molar-refractivity contribution >= 4 is 22.6 Å². The maximum atomic E-state index is 7.63. The van der Waals surface area contributed by atoms with E-state index in [1.165, 1.54) is 20.9 Å². The number of hydrogen-bond donors (Lipinski definition) is 2. The molecule has 2 N–H and O–H groups in total. The van der Waals surface area contributed by atoms with Gasteiger partial charge in [0.2, 0.25) is 0 Å². The maximum Gasteiger partial charge on any atom is 0.0540 e. The summed E-state index contributed by atoms with van der Waals surface area (Å²) in [6.45, 7) is 0. The smallest absolute Gasteiger partial charge is 0.0540 e. The van der Waals surface area contributed by atoms with Crippen LogP contribution in [0, 0.1) is 31.7 Å². The average Bonchev–Trinajstić information content (AvgIpc) is 2.85. The van der Waals surface area contributed by atoms with E-state index in [9.17, 15) is 0 Å². The highest BCUT2D eigenvalue weighted by molar-refractivity contribution is 6.07. The van der Waals surface area contributed by atoms with Crippen LogP contribution in [0.2, 0.25) is 0 Å². The van der Waals surface area contributed by atoms with Crippen molar-refractivity contribution in [2.24, 2.45) is 0 Å². The van der Waals surface area contributed by atoms with Crippen LogP contribution < -0.4 is 10.4 Å². The molecule has 0 heterocycles. The van der Waals surface area contributed by atoms with Gasteiger partial charge in [-0.25, -0.2) is 0 Å². The summed E-state index contributed by atoms with van der Waals surface area (Å²) < 4.78 is 0. The van der Waals surface area contributed by atoms with E-state index in [-0.39, 0.29) is 0 Å². The van der Waals surface area contributed by atoms with Crippen LogP contribution in [0.4, 0.5) is 0 Å². The SMILES string of the molecule is N=C1C=CC(=c2ccc(=c3ccc(=c4ccc(=C5C=CC(=N)C=C5)cc4)cc3)cc2)C=C1. The number of hydrogen-bond acceptors (Lipinski definition) is 2. The Labute approximate surface area is 186 Å². The van der Waals surface area contributed by atoms with Crippen LogP contribution in [-0.4, -0.2) is 11.4 Å². The van der Waals surface area contributed by atoms with Crippen LogP contribution in [0.15, 0.2) is 121 Å². The van der Waals surface area contributed by atoms with Gasteiger partial charge in [-0.15, -0.1) is 0 Å². The summed E-state index contributed by atoms with van der Waals surface area (Å²) in [4.78, 5) is 0. The van der Waals surface area contributed by atoms with Crippen molar-refractivity contribution in [2.75, 3.05) is 0 Å². The fourth-order valence-corrected chi connectivity index (χ4v) is 3.89. The van der Waals surface area contributed by atoms with Crippen molar-refractivity contribution < 1.29 is 0 Å². The van der Waals surface area contributed by atoms with Crippen LogP contribution in [0.25, 0.3) is 11.1 Å². The van der Waals surface area contributed by atoms with Crippen molar-refractivity contribution in [1.82, 2.24) is 0 Å². The molecule has 0 atom stereocenters. The van der Waals surface area contributed by atoms with Gasteiger partial charge in [0.15, 0.2) is 0 Å². The van der Waals surface area contributed by atoms with E-state index in [2.05, 4.69) is 72.8 Å². The molecule has 0 spiro atoms. The molecule has 3 aromatic carbocycles. The first-order chi connectivity index (χ1) is 15.7. The number of nitrogens with one attached hydrogen (secondary N) is 2. The third-order valence-electron chi connectivity index (χ3n) is 5.76. The minimum atomic E-state index is 0.530. The van der Waals surface area contributed by atoms with Gasteiger partial charge in [-0.05, 0) is 66.8 Å². The number of benzene rings is 3. The van der Waals surface area contributed by atoms with Gasteiger partial charge in [0.25, 0.3) is 0 Å². The Hall–Kier alpha value is -4.30. The van der Waals surface area contributed by atoms with E-state index in [1.807, 2.05) is 48.6 Å². The Kier molecular flexibility index (Phi) is 5.19. The third-order valence-corrected chi connectivity index (χ3v) is 5.76. The lowest BCUT2D eigenvalue weighted by Gasteiger charge is -2.01. The van der Waals surface area contributed by atoms with Crippen LogP contribution >= 0.6 is 0 Å². The Balaban J connectivity index is 1.53. The minimum Gasteiger partial charge on any atom is -0.301 e. The minimum absolute atomic E-state index is 0.530. The summed E-state index contributed by atoms with van der Waals surface area (Å²) in [6.07, 6.45) is 15.2. The molecular formula is C30H22N2. The van der Waals surface area contributed by atoms with Crippen LogP contribution in [0.1, 0.15) is 0 Å². The largest absolute Gasteiger partial charge is 0.301 e. The van der Waals surface area contributed by atoms with Gasteiger partial charge in [-0.1, -0.05) is 97.1 Å². The molecule has 0 amide bonds. The molecule has 32 heavy (non-hydrogen) atoms. The van der Waals surface area contributed by atoms with E-state index in [1.54, 1.807) is 0 Å². The first-order valence-corrected chi connectivity index (χ1v) is 10.6. The molecule has 0 fully saturated rings. The van der Waals surface area contributed by atoms with E-state index in [0.29, 0.717) is 11.4 Å². The molecule has 0 unspecified atom stereocenters. The predicted octanol–water partition coefficient (Wildman–Crippen LogP) is 4.85. The van der Waals surface area contributed by atoms with Gasteiger partial charge in [0, 0.05) is 0 Å². The van der Waals surface area contributed by atoms with Gasteiger partial charge < -0.3 is 10.8 Å². The second-order valence-electron chi connectivity index (χ2n) is 7.89. The van der Waals surface area contributed by atoms with Crippen LogP contribution in [0.3, 0.4) is 0 Å². The Morgan fingerprint density at radius 3 is 0.750 bits per heavy atom. The molecule has 2 nitrogen and oxygen atoms in total. The topological polar surface area (TPSA) is 47.7 Å². The summed E-state index contributed by atoms with van der Waals surface area (Å²) in [5, 5.41) is 22.3. The van der Waals surface area contributed by atoms with Crippen LogP contribution in [-0.2, 0) is 0 Å². The zero-order valence-electron chi connectivity index (χ0n) is 17.5. The molecule has 5 rings (SSSR count). The summed E-state index contributed by atoms with van der Waals surface area (Å²) in [5.74, 6) is 0. The molecule has 0 aliphatic heterocycles. The normalized spacial score (nSPS) is 15.0. The Morgan fingerprint density at radius 2 is 0.500 bits per heavy atom. The van der Waals surface area contributed by atoms with Gasteiger partial charge in [0.05, 0.1) is 11.4 Å². The molecule has 152 valence electrons. The molecule has 3 aromatic rings. The molecular weight excluding hydrogens is 388 g/mol. The molecule has 0 aromatic heterocycles. The number of allylic oxidation sites excluding steroid dienone is 8. The molecule has 0 bridgehead atoms. The van der Waals surface area contributed by atoms with Gasteiger partial charge >= 0.3 is 0 Å². The average molecular weight is 411 g/mol. The third kappa shape index (κ3) is 4.12. The maximum absolute atomic E-state index is 7.63. The quantitative estimate of drug-likeness (QED) is 0.532. The molecule has 2 aliphatic carbocycles. The van der Waals surface area contributed by atoms with Crippen molar-refractivity contribution in [3.05, 3.63) is 153 Å². The summed E-state index contributed by atoms with van der Waals surface area (Å²) >= 11 is 0. The Bertz CT molecular complexity index is 1460. The lowest BCUT2D eigenvalue weighted by molar-refractivity contribution is 1.41. The van der Waals surface area contributed by atoms with Crippen molar-refractivity contribution in [3.8, 4) is 0 Å². The molecule has 0 radical (unpaired) electrons. The predicted molar refractivity (Wildman–Crippen MR) is 133 cm³/mol. The number of rotatable bonds is 0. The van der Waals surface area contributed by atoms with Gasteiger partial charge in [0.1, 0.15) is 0 Å². The second-order valence-corrected chi connectivity index (χ2v) is 7.89. The lowest BCUT2D eigenvalue weighted by atomic mass is 10.0. The highest BCUT2D eigenvalue weighted by atomic mass is 14.4. The summed E-state index contributed by atoms with van der Waals surface area (Å²) in [5.41, 5.74) is 3.31. The van der Waals surface area contributed by atoms with Crippen molar-refractivity contribution in [3.63, 3.8) is 0 Å². The second kappa shape index (κ2) is 8.44. The Morgan fingerprint density at radius 1 is 0.281 bits per heavy atom. The van der Waals surface area contributed by atoms with Gasteiger partial charge in [-0.3, -0.25) is 0 Å². The first-order valence-electron chi connectivity index (χ1n) is 10.6. The molecule has 0 saturated heterocycles. The van der Waals surface area contributed by atoms with E-state index >= 15 is 0 Å². The molecule has 0 saturated carbocycles. The van der Waals surface area contributed by atoms with E-state index in [4.69, 9.17) is 10.8 Å². The summed E-state index contributed by atoms with van der Waals surface area (Å²) in [7, 11) is 0. The standard InChI is InChI=1S/C30H22N2/c31-29-17-13-27(14-18-29)25-9-5-23(6-10-25)21-1-2-22(4-3-21)24-7-11-26(12-8-24)28-15-19-30(32)20-16-28/h1-20,31-32H.